The van der Waals surface area contributed by atoms with Crippen LogP contribution in [0.1, 0.15) is 68.5 Å². The molecule has 4 rings (SSSR count). The fourth-order valence-corrected chi connectivity index (χ4v) is 5.21. The molecule has 0 saturated heterocycles. The zero-order valence-corrected chi connectivity index (χ0v) is 20.0. The summed E-state index contributed by atoms with van der Waals surface area (Å²) in [7, 11) is 0. The average molecular weight is 440 g/mol. The monoisotopic (exact) mass is 439 g/mol. The van der Waals surface area contributed by atoms with Gasteiger partial charge in [0.15, 0.2) is 11.5 Å². The van der Waals surface area contributed by atoms with Crippen molar-refractivity contribution in [3.05, 3.63) is 40.7 Å². The SMILES string of the molecule is Cc1nn(CC(C)C)c(C)c1CCC(=O)NCC1(c2ccc3c(c2)OCCO3)CCCC1. The first kappa shape index (κ1) is 22.7. The highest BCUT2D eigenvalue weighted by atomic mass is 16.6. The van der Waals surface area contributed by atoms with Crippen molar-refractivity contribution >= 4 is 5.91 Å². The van der Waals surface area contributed by atoms with Gasteiger partial charge < -0.3 is 14.8 Å². The molecular formula is C26H37N3O3. The van der Waals surface area contributed by atoms with Crippen molar-refractivity contribution in [3.8, 4) is 11.5 Å². The highest BCUT2D eigenvalue weighted by Crippen LogP contribution is 2.43. The van der Waals surface area contributed by atoms with E-state index in [0.717, 1.165) is 43.0 Å². The number of hydrogen-bond acceptors (Lipinski definition) is 4. The highest BCUT2D eigenvalue weighted by Gasteiger charge is 2.36. The Balaban J connectivity index is 1.39. The summed E-state index contributed by atoms with van der Waals surface area (Å²) >= 11 is 0. The Morgan fingerprint density at radius 1 is 1.16 bits per heavy atom. The number of ether oxygens (including phenoxy) is 2. The van der Waals surface area contributed by atoms with E-state index in [9.17, 15) is 4.79 Å². The van der Waals surface area contributed by atoms with E-state index < -0.39 is 0 Å². The van der Waals surface area contributed by atoms with Gasteiger partial charge >= 0.3 is 0 Å². The van der Waals surface area contributed by atoms with E-state index in [4.69, 9.17) is 9.47 Å². The van der Waals surface area contributed by atoms with Crippen LogP contribution < -0.4 is 14.8 Å². The summed E-state index contributed by atoms with van der Waals surface area (Å²) in [6, 6.07) is 6.30. The zero-order chi connectivity index (χ0) is 22.7. The minimum absolute atomic E-state index is 0.0144. The molecule has 1 saturated carbocycles. The number of fused-ring (bicyclic) bond motifs is 1. The second kappa shape index (κ2) is 9.55. The predicted octanol–water partition coefficient (Wildman–Crippen LogP) is 4.49. The molecule has 0 radical (unpaired) electrons. The molecule has 1 fully saturated rings. The quantitative estimate of drug-likeness (QED) is 0.658. The lowest BCUT2D eigenvalue weighted by Crippen LogP contribution is -2.39. The Morgan fingerprint density at radius 2 is 1.88 bits per heavy atom. The van der Waals surface area contributed by atoms with Gasteiger partial charge in [0.2, 0.25) is 5.91 Å². The number of aryl methyl sites for hydroxylation is 1. The molecule has 0 spiro atoms. The summed E-state index contributed by atoms with van der Waals surface area (Å²) in [6.07, 6.45) is 5.79. The molecule has 0 atom stereocenters. The van der Waals surface area contributed by atoms with Gasteiger partial charge in [-0.1, -0.05) is 32.8 Å². The molecule has 1 aliphatic heterocycles. The van der Waals surface area contributed by atoms with Crippen molar-refractivity contribution in [3.63, 3.8) is 0 Å². The Bertz CT molecular complexity index is 957. The van der Waals surface area contributed by atoms with Gasteiger partial charge in [-0.05, 0) is 62.3 Å². The Labute approximate surface area is 191 Å². The van der Waals surface area contributed by atoms with Crippen LogP contribution in [0.25, 0.3) is 0 Å². The third-order valence-electron chi connectivity index (χ3n) is 7.01. The van der Waals surface area contributed by atoms with Crippen LogP contribution in [0.5, 0.6) is 11.5 Å². The van der Waals surface area contributed by atoms with Crippen molar-refractivity contribution in [1.82, 2.24) is 15.1 Å². The standard InChI is InChI=1S/C26H37N3O3/c1-18(2)16-29-20(4)22(19(3)28-29)8-10-25(30)27-17-26(11-5-6-12-26)21-7-9-23-24(15-21)32-14-13-31-23/h7,9,15,18H,5-6,8,10-14,16-17H2,1-4H3,(H,27,30). The van der Waals surface area contributed by atoms with Gasteiger partial charge in [-0.25, -0.2) is 0 Å². The minimum atomic E-state index is -0.0144. The lowest BCUT2D eigenvalue weighted by molar-refractivity contribution is -0.121. The number of benzene rings is 1. The molecule has 174 valence electrons. The summed E-state index contributed by atoms with van der Waals surface area (Å²) in [5, 5.41) is 7.94. The van der Waals surface area contributed by atoms with Gasteiger partial charge in [-0.15, -0.1) is 0 Å². The van der Waals surface area contributed by atoms with E-state index >= 15 is 0 Å². The van der Waals surface area contributed by atoms with E-state index in [0.29, 0.717) is 32.1 Å². The number of rotatable bonds is 8. The van der Waals surface area contributed by atoms with Crippen molar-refractivity contribution in [1.29, 1.82) is 0 Å². The predicted molar refractivity (Wildman–Crippen MR) is 125 cm³/mol. The van der Waals surface area contributed by atoms with Gasteiger partial charge in [-0.3, -0.25) is 9.48 Å². The summed E-state index contributed by atoms with van der Waals surface area (Å²) in [5.41, 5.74) is 4.68. The molecule has 2 heterocycles. The lowest BCUT2D eigenvalue weighted by Gasteiger charge is -2.31. The largest absolute Gasteiger partial charge is 0.486 e. The lowest BCUT2D eigenvalue weighted by atomic mass is 9.78. The number of nitrogens with zero attached hydrogens (tertiary/aromatic N) is 2. The number of amides is 1. The number of nitrogens with one attached hydrogen (secondary N) is 1. The van der Waals surface area contributed by atoms with Gasteiger partial charge in [0.05, 0.1) is 5.69 Å². The smallest absolute Gasteiger partial charge is 0.220 e. The van der Waals surface area contributed by atoms with Crippen molar-refractivity contribution in [2.45, 2.75) is 78.2 Å². The molecule has 2 aromatic rings. The van der Waals surface area contributed by atoms with E-state index in [1.54, 1.807) is 0 Å². The van der Waals surface area contributed by atoms with Crippen LogP contribution in [0, 0.1) is 19.8 Å². The minimum Gasteiger partial charge on any atom is -0.486 e. The number of carbonyl (C=O) groups excluding carboxylic acids is 1. The van der Waals surface area contributed by atoms with Crippen LogP contribution in [0.4, 0.5) is 0 Å². The molecule has 2 aliphatic rings. The first-order valence-corrected chi connectivity index (χ1v) is 12.1. The first-order valence-electron chi connectivity index (χ1n) is 12.1. The van der Waals surface area contributed by atoms with E-state index in [1.807, 2.05) is 13.0 Å². The van der Waals surface area contributed by atoms with Gasteiger partial charge in [0.1, 0.15) is 13.2 Å². The number of carbonyl (C=O) groups is 1. The fraction of sp³-hybridized carbons (Fsp3) is 0.615. The Morgan fingerprint density at radius 3 is 2.59 bits per heavy atom. The maximum atomic E-state index is 12.8. The van der Waals surface area contributed by atoms with Gasteiger partial charge in [0.25, 0.3) is 0 Å². The van der Waals surface area contributed by atoms with Crippen LogP contribution in [-0.4, -0.2) is 35.4 Å². The molecule has 1 N–H and O–H groups in total. The summed E-state index contributed by atoms with van der Waals surface area (Å²) in [4.78, 5) is 12.8. The van der Waals surface area contributed by atoms with Gasteiger partial charge in [0, 0.05) is 30.6 Å². The van der Waals surface area contributed by atoms with Crippen LogP contribution >= 0.6 is 0 Å². The average Bonchev–Trinajstić information content (AvgIpc) is 3.36. The molecule has 1 amide bonds. The summed E-state index contributed by atoms with van der Waals surface area (Å²) in [5.74, 6) is 2.31. The maximum Gasteiger partial charge on any atom is 0.220 e. The maximum absolute atomic E-state index is 12.8. The van der Waals surface area contributed by atoms with Crippen molar-refractivity contribution in [2.24, 2.45) is 5.92 Å². The van der Waals surface area contributed by atoms with Crippen molar-refractivity contribution < 1.29 is 14.3 Å². The number of hydrogen-bond donors (Lipinski definition) is 1. The van der Waals surface area contributed by atoms with E-state index in [1.165, 1.54) is 29.7 Å². The second-order valence-electron chi connectivity index (χ2n) is 9.85. The topological polar surface area (TPSA) is 65.4 Å². The molecule has 1 aromatic carbocycles. The first-order chi connectivity index (χ1) is 15.4. The molecule has 0 bridgehead atoms. The summed E-state index contributed by atoms with van der Waals surface area (Å²) in [6.45, 7) is 11.3. The molecule has 1 aromatic heterocycles. The second-order valence-corrected chi connectivity index (χ2v) is 9.85. The van der Waals surface area contributed by atoms with Crippen LogP contribution in [0.2, 0.25) is 0 Å². The number of aromatic nitrogens is 2. The summed E-state index contributed by atoms with van der Waals surface area (Å²) < 4.78 is 13.6. The van der Waals surface area contributed by atoms with E-state index in [2.05, 4.69) is 48.0 Å². The Kier molecular flexibility index (Phi) is 6.77. The van der Waals surface area contributed by atoms with Crippen LogP contribution in [-0.2, 0) is 23.2 Å². The third-order valence-corrected chi connectivity index (χ3v) is 7.01. The molecule has 0 unspecified atom stereocenters. The fourth-order valence-electron chi connectivity index (χ4n) is 5.21. The zero-order valence-electron chi connectivity index (χ0n) is 20.0. The third kappa shape index (κ3) is 4.79. The Hall–Kier alpha value is -2.50. The van der Waals surface area contributed by atoms with Gasteiger partial charge in [-0.2, -0.15) is 5.10 Å². The molecule has 6 heteroatoms. The highest BCUT2D eigenvalue weighted by molar-refractivity contribution is 5.76. The molecule has 6 nitrogen and oxygen atoms in total. The van der Waals surface area contributed by atoms with Crippen LogP contribution in [0.15, 0.2) is 18.2 Å². The van der Waals surface area contributed by atoms with Crippen LogP contribution in [0.3, 0.4) is 0 Å². The normalized spacial score (nSPS) is 17.0. The van der Waals surface area contributed by atoms with Crippen molar-refractivity contribution in [2.75, 3.05) is 19.8 Å². The molecular weight excluding hydrogens is 402 g/mol. The molecule has 32 heavy (non-hydrogen) atoms. The molecule has 1 aliphatic carbocycles. The van der Waals surface area contributed by atoms with E-state index in [-0.39, 0.29) is 11.3 Å².